The lowest BCUT2D eigenvalue weighted by molar-refractivity contribution is -0.119. The third-order valence-electron chi connectivity index (χ3n) is 4.22. The van der Waals surface area contributed by atoms with Gasteiger partial charge in [-0.05, 0) is 44.8 Å². The highest BCUT2D eigenvalue weighted by Crippen LogP contribution is 2.33. The first-order valence-electron chi connectivity index (χ1n) is 7.26. The van der Waals surface area contributed by atoms with Crippen LogP contribution in [0.4, 0.5) is 0 Å². The van der Waals surface area contributed by atoms with Gasteiger partial charge in [-0.3, -0.25) is 0 Å². The summed E-state index contributed by atoms with van der Waals surface area (Å²) in [5.41, 5.74) is 0. The van der Waals surface area contributed by atoms with Crippen LogP contribution in [0.5, 0.6) is 0 Å². The third-order valence-corrected chi connectivity index (χ3v) is 6.38. The maximum absolute atomic E-state index is 6.38. The van der Waals surface area contributed by atoms with Crippen LogP contribution < -0.4 is 0 Å². The molecule has 2 saturated heterocycles. The minimum absolute atomic E-state index is 0.149. The number of allylic oxidation sites excluding steroid dienone is 1. The third kappa shape index (κ3) is 2.71. The van der Waals surface area contributed by atoms with Gasteiger partial charge in [0.2, 0.25) is 0 Å². The van der Waals surface area contributed by atoms with E-state index in [1.165, 1.54) is 0 Å². The Morgan fingerprint density at radius 2 is 1.89 bits per heavy atom. The van der Waals surface area contributed by atoms with E-state index in [2.05, 4.69) is 25.2 Å². The van der Waals surface area contributed by atoms with Crippen LogP contribution in [-0.4, -0.2) is 39.3 Å². The van der Waals surface area contributed by atoms with Gasteiger partial charge in [0.15, 0.2) is 8.32 Å². The van der Waals surface area contributed by atoms with E-state index in [1.807, 2.05) is 0 Å². The molecule has 0 amide bonds. The molecule has 0 aliphatic carbocycles. The van der Waals surface area contributed by atoms with Crippen LogP contribution in [0, 0.1) is 0 Å². The van der Waals surface area contributed by atoms with Gasteiger partial charge in [0.1, 0.15) is 6.10 Å². The Kier molecular flexibility index (Phi) is 3.63. The van der Waals surface area contributed by atoms with Gasteiger partial charge in [0.05, 0.1) is 18.3 Å². The summed E-state index contributed by atoms with van der Waals surface area (Å²) < 4.78 is 18.5. The summed E-state index contributed by atoms with van der Waals surface area (Å²) in [6, 6.07) is 1.11. The van der Waals surface area contributed by atoms with Crippen molar-refractivity contribution in [1.29, 1.82) is 0 Å². The molecule has 0 aromatic rings. The summed E-state index contributed by atoms with van der Waals surface area (Å²) in [6.45, 7) is 5.50. The first-order chi connectivity index (χ1) is 8.64. The molecule has 0 radical (unpaired) electrons. The number of hydrogen-bond acceptors (Lipinski definition) is 3. The molecule has 4 atom stereocenters. The molecule has 0 bridgehead atoms. The van der Waals surface area contributed by atoms with Crippen LogP contribution in [-0.2, 0) is 13.9 Å². The second-order valence-corrected chi connectivity index (χ2v) is 10.5. The molecular weight excluding hydrogens is 244 g/mol. The fourth-order valence-corrected chi connectivity index (χ4v) is 5.13. The van der Waals surface area contributed by atoms with Gasteiger partial charge in [-0.25, -0.2) is 0 Å². The van der Waals surface area contributed by atoms with E-state index < -0.39 is 8.32 Å². The Hall–Kier alpha value is -0.163. The normalized spacial score (nSPS) is 43.4. The molecule has 0 unspecified atom stereocenters. The quantitative estimate of drug-likeness (QED) is 0.499. The average Bonchev–Trinajstić information content (AvgIpc) is 2.57. The Balaban J connectivity index is 1.76. The Labute approximate surface area is 111 Å². The fourth-order valence-electron chi connectivity index (χ4n) is 3.26. The lowest BCUT2D eigenvalue weighted by atomic mass is 10.0. The fraction of sp³-hybridized carbons (Fsp3) is 0.857. The number of fused-ring (bicyclic) bond motifs is 2. The molecule has 3 heterocycles. The predicted molar refractivity (Wildman–Crippen MR) is 73.2 cm³/mol. The first kappa shape index (κ1) is 12.8. The van der Waals surface area contributed by atoms with Crippen molar-refractivity contribution in [2.75, 3.05) is 6.61 Å². The zero-order valence-corrected chi connectivity index (χ0v) is 12.4. The maximum Gasteiger partial charge on any atom is 0.191 e. The highest BCUT2D eigenvalue weighted by molar-refractivity contribution is 6.71. The molecule has 2 fully saturated rings. The van der Waals surface area contributed by atoms with Crippen molar-refractivity contribution in [3.8, 4) is 0 Å². The summed E-state index contributed by atoms with van der Waals surface area (Å²) in [5, 5.41) is 0. The molecule has 0 saturated carbocycles. The van der Waals surface area contributed by atoms with E-state index in [0.29, 0.717) is 6.10 Å². The van der Waals surface area contributed by atoms with Gasteiger partial charge in [-0.2, -0.15) is 0 Å². The molecule has 3 rings (SSSR count). The maximum atomic E-state index is 6.38. The molecular formula is C14H24O3Si. The highest BCUT2D eigenvalue weighted by atomic mass is 28.4. The van der Waals surface area contributed by atoms with Crippen LogP contribution in [0.15, 0.2) is 12.2 Å². The predicted octanol–water partition coefficient (Wildman–Crippen LogP) is 2.87. The molecule has 18 heavy (non-hydrogen) atoms. The summed E-state index contributed by atoms with van der Waals surface area (Å²) in [5.74, 6) is 0. The van der Waals surface area contributed by atoms with Crippen molar-refractivity contribution in [2.45, 2.75) is 69.2 Å². The Bertz CT molecular complexity index is 329. The number of hydrogen-bond donors (Lipinski definition) is 0. The Morgan fingerprint density at radius 1 is 1.06 bits per heavy atom. The molecule has 3 aliphatic heterocycles. The van der Waals surface area contributed by atoms with E-state index >= 15 is 0 Å². The summed E-state index contributed by atoms with van der Waals surface area (Å²) in [7, 11) is -1.53. The van der Waals surface area contributed by atoms with E-state index in [4.69, 9.17) is 13.9 Å². The lowest BCUT2D eigenvalue weighted by Gasteiger charge is -2.32. The van der Waals surface area contributed by atoms with Crippen LogP contribution >= 0.6 is 0 Å². The molecule has 102 valence electrons. The summed E-state index contributed by atoms with van der Waals surface area (Å²) in [4.78, 5) is 0. The molecule has 0 aromatic carbocycles. The second-order valence-electron chi connectivity index (χ2n) is 6.32. The molecule has 3 nitrogen and oxygen atoms in total. The van der Waals surface area contributed by atoms with Crippen molar-refractivity contribution in [2.24, 2.45) is 0 Å². The molecule has 0 aromatic heterocycles. The second kappa shape index (κ2) is 5.08. The van der Waals surface area contributed by atoms with Crippen molar-refractivity contribution >= 4 is 8.32 Å². The largest absolute Gasteiger partial charge is 0.411 e. The molecule has 4 heteroatoms. The van der Waals surface area contributed by atoms with Crippen LogP contribution in [0.3, 0.4) is 0 Å². The first-order valence-corrected chi connectivity index (χ1v) is 10.4. The Morgan fingerprint density at radius 3 is 2.78 bits per heavy atom. The van der Waals surface area contributed by atoms with Gasteiger partial charge < -0.3 is 13.9 Å². The van der Waals surface area contributed by atoms with Crippen molar-refractivity contribution < 1.29 is 13.9 Å². The number of rotatable bonds is 0. The van der Waals surface area contributed by atoms with Crippen molar-refractivity contribution in [1.82, 2.24) is 0 Å². The molecule has 3 aliphatic rings. The van der Waals surface area contributed by atoms with Gasteiger partial charge in [0.25, 0.3) is 0 Å². The molecule has 0 N–H and O–H groups in total. The SMILES string of the molecule is C[Si]1(C)CC=C[C@H]2O[C@H]3CCCO[C@@H]3CC[C@@H]2O1. The van der Waals surface area contributed by atoms with E-state index in [1.54, 1.807) is 0 Å². The smallest absolute Gasteiger partial charge is 0.191 e. The summed E-state index contributed by atoms with van der Waals surface area (Å²) >= 11 is 0. The monoisotopic (exact) mass is 268 g/mol. The van der Waals surface area contributed by atoms with Gasteiger partial charge in [-0.1, -0.05) is 12.2 Å². The van der Waals surface area contributed by atoms with Gasteiger partial charge in [-0.15, -0.1) is 0 Å². The number of ether oxygens (including phenoxy) is 2. The molecule has 0 spiro atoms. The minimum Gasteiger partial charge on any atom is -0.411 e. The zero-order chi connectivity index (χ0) is 12.6. The standard InChI is InChI=1S/C14H24O3Si/c1-18(2)10-4-6-13-14(17-18)8-7-11-12(16-13)5-3-9-15-11/h4,6,11-14H,3,5,7-10H2,1-2H3/t11-,12+,13-,14+/m1/s1. The van der Waals surface area contributed by atoms with Gasteiger partial charge >= 0.3 is 0 Å². The van der Waals surface area contributed by atoms with Crippen LogP contribution in [0.2, 0.25) is 19.1 Å². The van der Waals surface area contributed by atoms with E-state index in [-0.39, 0.29) is 18.3 Å². The topological polar surface area (TPSA) is 27.7 Å². The van der Waals surface area contributed by atoms with E-state index in [9.17, 15) is 0 Å². The lowest BCUT2D eigenvalue weighted by Crippen LogP contribution is -2.40. The summed E-state index contributed by atoms with van der Waals surface area (Å²) in [6.07, 6.45) is 9.93. The zero-order valence-electron chi connectivity index (χ0n) is 11.4. The van der Waals surface area contributed by atoms with E-state index in [0.717, 1.165) is 38.3 Å². The minimum atomic E-state index is -1.53. The van der Waals surface area contributed by atoms with Crippen LogP contribution in [0.25, 0.3) is 0 Å². The van der Waals surface area contributed by atoms with Crippen LogP contribution in [0.1, 0.15) is 25.7 Å². The average molecular weight is 268 g/mol. The highest BCUT2D eigenvalue weighted by Gasteiger charge is 2.39. The van der Waals surface area contributed by atoms with Crippen molar-refractivity contribution in [3.05, 3.63) is 12.2 Å². The van der Waals surface area contributed by atoms with Gasteiger partial charge in [0, 0.05) is 6.61 Å². The van der Waals surface area contributed by atoms with Crippen molar-refractivity contribution in [3.63, 3.8) is 0 Å².